The zero-order valence-electron chi connectivity index (χ0n) is 6.11. The van der Waals surface area contributed by atoms with Gasteiger partial charge in [0, 0.05) is 6.54 Å². The normalized spacial score (nSPS) is 28.9. The van der Waals surface area contributed by atoms with Crippen LogP contribution in [-0.2, 0) is 4.79 Å². The molecule has 0 unspecified atom stereocenters. The van der Waals surface area contributed by atoms with Crippen LogP contribution in [0.1, 0.15) is 6.42 Å². The van der Waals surface area contributed by atoms with Gasteiger partial charge in [0.2, 0.25) is 0 Å². The fourth-order valence-electron chi connectivity index (χ4n) is 1.26. The highest BCUT2D eigenvalue weighted by Crippen LogP contribution is 2.20. The lowest BCUT2D eigenvalue weighted by Crippen LogP contribution is -2.43. The molecule has 1 fully saturated rings. The van der Waals surface area contributed by atoms with Gasteiger partial charge in [0.05, 0.1) is 0 Å². The summed E-state index contributed by atoms with van der Waals surface area (Å²) in [7, 11) is 0. The molecule has 12 heavy (non-hydrogen) atoms. The van der Waals surface area contributed by atoms with E-state index < -0.39 is 24.3 Å². The van der Waals surface area contributed by atoms with Crippen LogP contribution in [0.25, 0.3) is 0 Å². The van der Waals surface area contributed by atoms with E-state index in [-0.39, 0.29) is 13.0 Å². The monoisotopic (exact) mass is 177 g/mol. The van der Waals surface area contributed by atoms with Gasteiger partial charge >= 0.3 is 12.1 Å². The molecule has 0 spiro atoms. The highest BCUT2D eigenvalue weighted by Gasteiger charge is 2.42. The van der Waals surface area contributed by atoms with Crippen LogP contribution in [0.2, 0.25) is 0 Å². The predicted octanol–water partition coefficient (Wildman–Crippen LogP) is 0.161. The van der Waals surface area contributed by atoms with E-state index >= 15 is 0 Å². The summed E-state index contributed by atoms with van der Waals surface area (Å²) in [6, 6.07) is -1.53. The molecule has 0 aromatic heterocycles. The maximum Gasteiger partial charge on any atom is 0.408 e. The molecule has 1 amide bonds. The third-order valence-electron chi connectivity index (χ3n) is 1.82. The Bertz CT molecular complexity index is 220. The molecule has 0 aromatic rings. The summed E-state index contributed by atoms with van der Waals surface area (Å²) in [5.74, 6) is -1.43. The Balaban J connectivity index is 2.77. The fraction of sp³-hybridized carbons (Fsp3) is 0.667. The molecule has 0 radical (unpaired) electrons. The van der Waals surface area contributed by atoms with Gasteiger partial charge in [-0.15, -0.1) is 0 Å². The Morgan fingerprint density at radius 1 is 1.42 bits per heavy atom. The molecule has 0 saturated carbocycles. The van der Waals surface area contributed by atoms with Crippen LogP contribution < -0.4 is 0 Å². The molecule has 1 aliphatic heterocycles. The Morgan fingerprint density at radius 2 is 2.00 bits per heavy atom. The summed E-state index contributed by atoms with van der Waals surface area (Å²) in [4.78, 5) is 21.3. The standard InChI is InChI=1S/C6H8FNO4/c7-3-1-2-8(6(11)12)4(3)5(9)10/h3-4H,1-2H2,(H,9,10)(H,11,12)/t3-,4+/m1/s1. The molecule has 0 bridgehead atoms. The Hall–Kier alpha value is -1.33. The van der Waals surface area contributed by atoms with Crippen molar-refractivity contribution in [3.8, 4) is 0 Å². The minimum atomic E-state index is -1.58. The van der Waals surface area contributed by atoms with Crippen LogP contribution in [0, 0.1) is 0 Å². The lowest BCUT2D eigenvalue weighted by Gasteiger charge is -2.17. The first-order valence-corrected chi connectivity index (χ1v) is 3.40. The largest absolute Gasteiger partial charge is 0.480 e. The van der Waals surface area contributed by atoms with Crippen LogP contribution in [0.15, 0.2) is 0 Å². The summed E-state index contributed by atoms with van der Waals surface area (Å²) in [6.45, 7) is -0.0481. The SMILES string of the molecule is O=C(O)[C@@H]1[C@H](F)CCN1C(=O)O. The summed E-state index contributed by atoms with van der Waals surface area (Å²) in [5.41, 5.74) is 0. The van der Waals surface area contributed by atoms with Crippen molar-refractivity contribution in [2.24, 2.45) is 0 Å². The second-order valence-corrected chi connectivity index (χ2v) is 2.56. The van der Waals surface area contributed by atoms with Gasteiger partial charge in [-0.25, -0.2) is 14.0 Å². The number of rotatable bonds is 1. The molecular weight excluding hydrogens is 169 g/mol. The molecule has 1 aliphatic rings. The number of carbonyl (C=O) groups is 2. The number of halogens is 1. The summed E-state index contributed by atoms with van der Waals surface area (Å²) in [6.07, 6.45) is -3.01. The van der Waals surface area contributed by atoms with Crippen molar-refractivity contribution in [1.82, 2.24) is 4.90 Å². The number of carboxylic acids is 1. The molecule has 5 nitrogen and oxygen atoms in total. The molecule has 68 valence electrons. The van der Waals surface area contributed by atoms with Crippen LogP contribution in [-0.4, -0.2) is 45.9 Å². The number of aliphatic carboxylic acids is 1. The Labute approximate surface area is 67.4 Å². The lowest BCUT2D eigenvalue weighted by atomic mass is 10.2. The average molecular weight is 177 g/mol. The van der Waals surface area contributed by atoms with Crippen molar-refractivity contribution >= 4 is 12.1 Å². The molecule has 0 aromatic carbocycles. The minimum Gasteiger partial charge on any atom is -0.480 e. The number of carboxylic acid groups (broad SMARTS) is 2. The van der Waals surface area contributed by atoms with E-state index in [9.17, 15) is 14.0 Å². The van der Waals surface area contributed by atoms with E-state index in [1.807, 2.05) is 0 Å². The van der Waals surface area contributed by atoms with E-state index in [2.05, 4.69) is 0 Å². The van der Waals surface area contributed by atoms with Gasteiger partial charge in [-0.2, -0.15) is 0 Å². The van der Waals surface area contributed by atoms with Gasteiger partial charge in [0.1, 0.15) is 6.17 Å². The van der Waals surface area contributed by atoms with Crippen LogP contribution in [0.4, 0.5) is 9.18 Å². The average Bonchev–Trinajstić information content (AvgIpc) is 2.30. The maximum atomic E-state index is 12.8. The highest BCUT2D eigenvalue weighted by atomic mass is 19.1. The number of likely N-dealkylation sites (tertiary alicyclic amines) is 1. The third kappa shape index (κ3) is 1.32. The van der Waals surface area contributed by atoms with Gasteiger partial charge in [-0.05, 0) is 6.42 Å². The second-order valence-electron chi connectivity index (χ2n) is 2.56. The smallest absolute Gasteiger partial charge is 0.408 e. The summed E-state index contributed by atoms with van der Waals surface area (Å²) < 4.78 is 12.8. The first-order chi connectivity index (χ1) is 5.54. The quantitative estimate of drug-likeness (QED) is 0.598. The summed E-state index contributed by atoms with van der Waals surface area (Å²) >= 11 is 0. The molecule has 2 atom stereocenters. The molecule has 2 N–H and O–H groups in total. The zero-order chi connectivity index (χ0) is 9.30. The first kappa shape index (κ1) is 8.76. The van der Waals surface area contributed by atoms with Crippen molar-refractivity contribution in [1.29, 1.82) is 0 Å². The topological polar surface area (TPSA) is 77.8 Å². The number of nitrogens with zero attached hydrogens (tertiary/aromatic N) is 1. The molecule has 1 heterocycles. The minimum absolute atomic E-state index is 0.0384. The van der Waals surface area contributed by atoms with Crippen LogP contribution in [0.5, 0.6) is 0 Å². The Morgan fingerprint density at radius 3 is 2.33 bits per heavy atom. The maximum absolute atomic E-state index is 12.8. The molecule has 0 aliphatic carbocycles. The van der Waals surface area contributed by atoms with E-state index in [0.717, 1.165) is 0 Å². The predicted molar refractivity (Wildman–Crippen MR) is 35.7 cm³/mol. The van der Waals surface area contributed by atoms with Gasteiger partial charge in [0.25, 0.3) is 0 Å². The number of hydrogen-bond acceptors (Lipinski definition) is 2. The second kappa shape index (κ2) is 2.96. The summed E-state index contributed by atoms with van der Waals surface area (Å²) in [5, 5.41) is 16.9. The van der Waals surface area contributed by atoms with Crippen LogP contribution >= 0.6 is 0 Å². The van der Waals surface area contributed by atoms with Crippen molar-refractivity contribution in [3.05, 3.63) is 0 Å². The molecule has 1 rings (SSSR count). The third-order valence-corrected chi connectivity index (χ3v) is 1.82. The fourth-order valence-corrected chi connectivity index (χ4v) is 1.26. The number of amides is 1. The van der Waals surface area contributed by atoms with Crippen molar-refractivity contribution in [2.45, 2.75) is 18.6 Å². The van der Waals surface area contributed by atoms with Gasteiger partial charge < -0.3 is 10.2 Å². The molecule has 1 saturated heterocycles. The van der Waals surface area contributed by atoms with Gasteiger partial charge in [-0.3, -0.25) is 4.90 Å². The zero-order valence-corrected chi connectivity index (χ0v) is 6.11. The van der Waals surface area contributed by atoms with Crippen LogP contribution in [0.3, 0.4) is 0 Å². The van der Waals surface area contributed by atoms with Gasteiger partial charge in [-0.1, -0.05) is 0 Å². The van der Waals surface area contributed by atoms with Crippen molar-refractivity contribution < 1.29 is 24.2 Å². The van der Waals surface area contributed by atoms with Gasteiger partial charge in [0.15, 0.2) is 6.04 Å². The Kier molecular flexibility index (Phi) is 2.16. The number of alkyl halides is 1. The first-order valence-electron chi connectivity index (χ1n) is 3.40. The molecule has 6 heteroatoms. The number of hydrogen-bond donors (Lipinski definition) is 2. The van der Waals surface area contributed by atoms with E-state index in [1.54, 1.807) is 0 Å². The van der Waals surface area contributed by atoms with E-state index in [0.29, 0.717) is 4.90 Å². The lowest BCUT2D eigenvalue weighted by molar-refractivity contribution is -0.143. The van der Waals surface area contributed by atoms with E-state index in [1.165, 1.54) is 0 Å². The highest BCUT2D eigenvalue weighted by molar-refractivity contribution is 5.80. The van der Waals surface area contributed by atoms with Crippen molar-refractivity contribution in [3.63, 3.8) is 0 Å². The van der Waals surface area contributed by atoms with Crippen molar-refractivity contribution in [2.75, 3.05) is 6.54 Å². The molecular formula is C6H8FNO4. The van der Waals surface area contributed by atoms with E-state index in [4.69, 9.17) is 10.2 Å².